The van der Waals surface area contributed by atoms with Crippen molar-refractivity contribution in [2.45, 2.75) is 12.5 Å². The maximum absolute atomic E-state index is 12.1. The Morgan fingerprint density at radius 2 is 1.56 bits per heavy atom. The lowest BCUT2D eigenvalue weighted by molar-refractivity contribution is -0.145. The number of benzene rings is 2. The van der Waals surface area contributed by atoms with E-state index >= 15 is 0 Å². The van der Waals surface area contributed by atoms with Gasteiger partial charge in [0.25, 0.3) is 0 Å². The number of carbonyl (C=O) groups is 1. The maximum Gasteiger partial charge on any atom is 0.323 e. The second kappa shape index (κ2) is 13.4. The molecule has 0 aliphatic rings. The largest absolute Gasteiger partial charge is 0.473 e. The molecular formula is C24H24ClN5O4. The third-order valence-electron chi connectivity index (χ3n) is 4.65. The fourth-order valence-corrected chi connectivity index (χ4v) is 3.14. The van der Waals surface area contributed by atoms with Crippen LogP contribution in [-0.2, 0) is 16.0 Å². The Labute approximate surface area is 203 Å². The Morgan fingerprint density at radius 1 is 0.971 bits per heavy atom. The van der Waals surface area contributed by atoms with Crippen LogP contribution in [0.1, 0.15) is 16.7 Å². The van der Waals surface area contributed by atoms with Crippen LogP contribution in [0.15, 0.2) is 60.7 Å². The van der Waals surface area contributed by atoms with Crippen molar-refractivity contribution in [3.63, 3.8) is 0 Å². The molecule has 0 aliphatic carbocycles. The van der Waals surface area contributed by atoms with Crippen molar-refractivity contribution in [2.24, 2.45) is 5.73 Å². The second-order valence-electron chi connectivity index (χ2n) is 6.83. The molecule has 0 radical (unpaired) electrons. The average Bonchev–Trinajstić information content (AvgIpc) is 2.82. The van der Waals surface area contributed by atoms with Crippen molar-refractivity contribution in [2.75, 3.05) is 18.9 Å². The number of aromatic nitrogens is 1. The molecule has 3 rings (SSSR count). The molecule has 10 heteroatoms. The molecule has 0 amide bonds. The van der Waals surface area contributed by atoms with Crippen LogP contribution < -0.4 is 16.2 Å². The van der Waals surface area contributed by atoms with E-state index in [1.54, 1.807) is 24.3 Å². The first-order valence-electron chi connectivity index (χ1n) is 9.83. The van der Waals surface area contributed by atoms with E-state index < -0.39 is 12.0 Å². The molecule has 34 heavy (non-hydrogen) atoms. The first kappa shape index (κ1) is 27.9. The topological polar surface area (TPSA) is 180 Å². The summed E-state index contributed by atoms with van der Waals surface area (Å²) in [5.41, 5.74) is 13.9. The molecule has 0 unspecified atom stereocenters. The molecule has 1 aromatic heterocycles. The van der Waals surface area contributed by atoms with E-state index in [2.05, 4.69) is 4.98 Å². The van der Waals surface area contributed by atoms with Crippen molar-refractivity contribution >= 4 is 24.2 Å². The minimum Gasteiger partial charge on any atom is -0.473 e. The Hall–Kier alpha value is -4.15. The first-order valence-corrected chi connectivity index (χ1v) is 9.83. The molecule has 0 saturated carbocycles. The smallest absolute Gasteiger partial charge is 0.323 e. The standard InChI is InChI=1S/C24H21N5O3.ClH.H2O/c25-14-18-21(17-9-5-2-6-10-17)19(15-26)23(29-22(18)28)31-11-12-32-24(30)20(27)13-16-7-3-1-4-8-16;;/h1-10,20H,11-13,27H2,(H2,28,29);1H;1H2/t20-;;/m0../s1. The molecule has 176 valence electrons. The van der Waals surface area contributed by atoms with Crippen LogP contribution in [0.2, 0.25) is 0 Å². The number of hydrogen-bond acceptors (Lipinski definition) is 8. The zero-order valence-corrected chi connectivity index (χ0v) is 18.9. The molecule has 1 atom stereocenters. The van der Waals surface area contributed by atoms with Crippen molar-refractivity contribution in [3.8, 4) is 29.1 Å². The summed E-state index contributed by atoms with van der Waals surface area (Å²) in [4.78, 5) is 16.2. The quantitative estimate of drug-likeness (QED) is 0.362. The van der Waals surface area contributed by atoms with Crippen LogP contribution in [0.25, 0.3) is 11.1 Å². The summed E-state index contributed by atoms with van der Waals surface area (Å²) >= 11 is 0. The molecule has 6 N–H and O–H groups in total. The van der Waals surface area contributed by atoms with Gasteiger partial charge in [-0.25, -0.2) is 0 Å². The number of pyridine rings is 1. The van der Waals surface area contributed by atoms with Crippen molar-refractivity contribution in [3.05, 3.63) is 77.4 Å². The van der Waals surface area contributed by atoms with Crippen LogP contribution in [0.5, 0.6) is 5.88 Å². The number of nitrogen functional groups attached to an aromatic ring is 1. The van der Waals surface area contributed by atoms with Gasteiger partial charge < -0.3 is 26.4 Å². The van der Waals surface area contributed by atoms with E-state index in [1.165, 1.54) is 0 Å². The predicted octanol–water partition coefficient (Wildman–Crippen LogP) is 2.16. The van der Waals surface area contributed by atoms with Gasteiger partial charge in [0.05, 0.1) is 0 Å². The lowest BCUT2D eigenvalue weighted by atomic mass is 9.96. The van der Waals surface area contributed by atoms with E-state index in [4.69, 9.17) is 20.9 Å². The van der Waals surface area contributed by atoms with Gasteiger partial charge in [-0.3, -0.25) is 4.79 Å². The van der Waals surface area contributed by atoms with Gasteiger partial charge in [-0.1, -0.05) is 60.7 Å². The zero-order chi connectivity index (χ0) is 22.9. The number of nitrogens with two attached hydrogens (primary N) is 2. The van der Waals surface area contributed by atoms with Crippen molar-refractivity contribution in [1.29, 1.82) is 10.5 Å². The SMILES string of the molecule is Cl.N#Cc1c(N)nc(OCCOC(=O)[C@@H](N)Cc2ccccc2)c(C#N)c1-c1ccccc1.O. The fraction of sp³-hybridized carbons (Fsp3) is 0.167. The van der Waals surface area contributed by atoms with E-state index in [9.17, 15) is 15.3 Å². The van der Waals surface area contributed by atoms with E-state index in [1.807, 2.05) is 48.5 Å². The molecule has 9 nitrogen and oxygen atoms in total. The summed E-state index contributed by atoms with van der Waals surface area (Å²) in [6.07, 6.45) is 0.354. The highest BCUT2D eigenvalue weighted by Crippen LogP contribution is 2.34. The normalized spacial score (nSPS) is 10.4. The van der Waals surface area contributed by atoms with Crippen molar-refractivity contribution in [1.82, 2.24) is 4.98 Å². The zero-order valence-electron chi connectivity index (χ0n) is 18.1. The van der Waals surface area contributed by atoms with E-state index in [0.717, 1.165) is 5.56 Å². The predicted molar refractivity (Wildman–Crippen MR) is 129 cm³/mol. The van der Waals surface area contributed by atoms with E-state index in [0.29, 0.717) is 17.5 Å². The van der Waals surface area contributed by atoms with Gasteiger partial charge in [0, 0.05) is 5.56 Å². The number of nitriles is 2. The minimum atomic E-state index is -0.805. The molecule has 0 saturated heterocycles. The Balaban J connectivity index is 0.00000289. The summed E-state index contributed by atoms with van der Waals surface area (Å²) in [6, 6.07) is 21.5. The summed E-state index contributed by atoms with van der Waals surface area (Å²) in [5, 5.41) is 19.2. The van der Waals surface area contributed by atoms with Crippen LogP contribution in [-0.4, -0.2) is 35.7 Å². The van der Waals surface area contributed by atoms with Gasteiger partial charge in [0.1, 0.15) is 48.3 Å². The van der Waals surface area contributed by atoms with Gasteiger partial charge in [0.2, 0.25) is 5.88 Å². The Kier molecular flexibility index (Phi) is 11.0. The number of esters is 1. The highest BCUT2D eigenvalue weighted by molar-refractivity contribution is 5.85. The van der Waals surface area contributed by atoms with Gasteiger partial charge in [-0.2, -0.15) is 15.5 Å². The lowest BCUT2D eigenvalue weighted by Gasteiger charge is -2.15. The van der Waals surface area contributed by atoms with Crippen LogP contribution in [0, 0.1) is 22.7 Å². The summed E-state index contributed by atoms with van der Waals surface area (Å²) in [6.45, 7) is -0.153. The number of carbonyl (C=O) groups excluding carboxylic acids is 1. The third kappa shape index (κ3) is 6.67. The highest BCUT2D eigenvalue weighted by atomic mass is 35.5. The average molecular weight is 482 g/mol. The Morgan fingerprint density at radius 3 is 2.15 bits per heavy atom. The summed E-state index contributed by atoms with van der Waals surface area (Å²) in [7, 11) is 0. The molecule has 3 aromatic rings. The van der Waals surface area contributed by atoms with Crippen molar-refractivity contribution < 1.29 is 19.7 Å². The minimum absolute atomic E-state index is 0. The van der Waals surface area contributed by atoms with Gasteiger partial charge in [-0.05, 0) is 17.5 Å². The summed E-state index contributed by atoms with van der Waals surface area (Å²) < 4.78 is 10.8. The monoisotopic (exact) mass is 481 g/mol. The number of halogens is 1. The number of rotatable bonds is 8. The van der Waals surface area contributed by atoms with Gasteiger partial charge in [0.15, 0.2) is 0 Å². The maximum atomic E-state index is 12.1. The number of hydrogen-bond donors (Lipinski definition) is 2. The fourth-order valence-electron chi connectivity index (χ4n) is 3.14. The lowest BCUT2D eigenvalue weighted by Crippen LogP contribution is -2.35. The van der Waals surface area contributed by atoms with Crippen LogP contribution >= 0.6 is 12.4 Å². The van der Waals surface area contributed by atoms with E-state index in [-0.39, 0.29) is 53.9 Å². The first-order chi connectivity index (χ1) is 15.5. The molecular weight excluding hydrogens is 458 g/mol. The van der Waals surface area contributed by atoms with Gasteiger partial charge >= 0.3 is 5.97 Å². The van der Waals surface area contributed by atoms with Gasteiger partial charge in [-0.15, -0.1) is 12.4 Å². The molecule has 0 bridgehead atoms. The highest BCUT2D eigenvalue weighted by Gasteiger charge is 2.21. The third-order valence-corrected chi connectivity index (χ3v) is 4.65. The summed E-state index contributed by atoms with van der Waals surface area (Å²) in [5.74, 6) is -0.648. The number of ether oxygens (including phenoxy) is 2. The number of nitrogens with zero attached hydrogens (tertiary/aromatic N) is 3. The molecule has 1 heterocycles. The Bertz CT molecular complexity index is 1180. The second-order valence-corrected chi connectivity index (χ2v) is 6.83. The number of anilines is 1. The molecule has 2 aromatic carbocycles. The molecule has 0 spiro atoms. The molecule has 0 aliphatic heterocycles. The van der Waals surface area contributed by atoms with Crippen LogP contribution in [0.3, 0.4) is 0 Å². The van der Waals surface area contributed by atoms with Crippen LogP contribution in [0.4, 0.5) is 5.82 Å². The molecule has 0 fully saturated rings.